The van der Waals surface area contributed by atoms with Crippen molar-refractivity contribution in [3.63, 3.8) is 0 Å². The number of aliphatic hydroxyl groups excluding tert-OH is 1. The van der Waals surface area contributed by atoms with E-state index in [2.05, 4.69) is 21.0 Å². The Morgan fingerprint density at radius 3 is 2.44 bits per heavy atom. The summed E-state index contributed by atoms with van der Waals surface area (Å²) in [5, 5.41) is 27.2. The van der Waals surface area contributed by atoms with Gasteiger partial charge in [0.2, 0.25) is 11.8 Å². The van der Waals surface area contributed by atoms with E-state index in [4.69, 9.17) is 0 Å². The highest BCUT2D eigenvalue weighted by atomic mass is 16.4. The molecule has 41 heavy (non-hydrogen) atoms. The van der Waals surface area contributed by atoms with E-state index < -0.39 is 53.8 Å². The number of pyridine rings is 1. The van der Waals surface area contributed by atoms with Crippen molar-refractivity contribution in [3.8, 4) is 0 Å². The Bertz CT molecular complexity index is 1290. The van der Waals surface area contributed by atoms with Crippen molar-refractivity contribution in [2.24, 2.45) is 11.8 Å². The fraction of sp³-hybridized carbons (Fsp3) is 0.500. The summed E-state index contributed by atoms with van der Waals surface area (Å²) in [7, 11) is 0. The number of nitrogens with zero attached hydrogens (tertiary/aromatic N) is 2. The molecular formula is C30H41N5O6. The SMILES string of the molecule is CCc1ccc2ccc(C=CC(C(=O)NC(C(=O)NC(C)C(=O)N3CCCC(C(=O)O)N3)C(C)C)C(C)O)cc2n1. The molecule has 1 aromatic heterocycles. The standard InChI is InChI=1S/C30H41N5O6/c1-6-22-13-12-21-11-9-20(16-25(21)32-22)10-14-23(19(5)36)27(37)33-26(17(2)3)28(38)31-18(4)29(39)35-15-7-8-24(34-35)30(40)41/h9-14,16-19,23-24,26,34,36H,6-8,15H2,1-5H3,(H,31,38)(H,33,37)(H,40,41). The zero-order valence-electron chi connectivity index (χ0n) is 24.3. The monoisotopic (exact) mass is 567 g/mol. The van der Waals surface area contributed by atoms with Crippen molar-refractivity contribution in [2.75, 3.05) is 6.54 Å². The summed E-state index contributed by atoms with van der Waals surface area (Å²) in [5.74, 6) is -3.85. The maximum Gasteiger partial charge on any atom is 0.322 e. The van der Waals surface area contributed by atoms with Crippen LogP contribution in [0.25, 0.3) is 17.0 Å². The predicted octanol–water partition coefficient (Wildman–Crippen LogP) is 2.03. The van der Waals surface area contributed by atoms with E-state index in [-0.39, 0.29) is 5.92 Å². The Morgan fingerprint density at radius 1 is 1.10 bits per heavy atom. The van der Waals surface area contributed by atoms with Gasteiger partial charge in [0.1, 0.15) is 18.1 Å². The number of aliphatic hydroxyl groups is 1. The van der Waals surface area contributed by atoms with Gasteiger partial charge in [0, 0.05) is 17.6 Å². The predicted molar refractivity (Wildman–Crippen MR) is 155 cm³/mol. The van der Waals surface area contributed by atoms with E-state index in [1.807, 2.05) is 37.3 Å². The van der Waals surface area contributed by atoms with Crippen molar-refractivity contribution in [1.29, 1.82) is 0 Å². The molecule has 3 amide bonds. The number of hydrogen-bond donors (Lipinski definition) is 5. The average Bonchev–Trinajstić information content (AvgIpc) is 2.94. The van der Waals surface area contributed by atoms with Crippen LogP contribution in [0.3, 0.4) is 0 Å². The lowest BCUT2D eigenvalue weighted by atomic mass is 9.97. The summed E-state index contributed by atoms with van der Waals surface area (Å²) in [6, 6.07) is 6.98. The van der Waals surface area contributed by atoms with Crippen molar-refractivity contribution in [1.82, 2.24) is 26.1 Å². The molecule has 2 heterocycles. The second-order valence-corrected chi connectivity index (χ2v) is 10.8. The minimum Gasteiger partial charge on any atom is -0.480 e. The summed E-state index contributed by atoms with van der Waals surface area (Å²) in [4.78, 5) is 55.2. The van der Waals surface area contributed by atoms with E-state index in [9.17, 15) is 29.4 Å². The van der Waals surface area contributed by atoms with Crippen LogP contribution in [-0.4, -0.2) is 74.7 Å². The number of aryl methyl sites for hydroxylation is 1. The molecule has 1 fully saturated rings. The first-order valence-electron chi connectivity index (χ1n) is 14.1. The van der Waals surface area contributed by atoms with Gasteiger partial charge in [-0.3, -0.25) is 29.2 Å². The Kier molecular flexibility index (Phi) is 11.0. The minimum absolute atomic E-state index is 0.316. The third kappa shape index (κ3) is 8.34. The molecule has 2 aromatic rings. The fourth-order valence-corrected chi connectivity index (χ4v) is 4.67. The van der Waals surface area contributed by atoms with Crippen LogP contribution in [0.4, 0.5) is 0 Å². The van der Waals surface area contributed by atoms with Crippen LogP contribution in [0, 0.1) is 11.8 Å². The van der Waals surface area contributed by atoms with Gasteiger partial charge in [0.15, 0.2) is 0 Å². The van der Waals surface area contributed by atoms with Crippen LogP contribution in [0.5, 0.6) is 0 Å². The van der Waals surface area contributed by atoms with Gasteiger partial charge in [0.05, 0.1) is 17.5 Å². The first-order valence-corrected chi connectivity index (χ1v) is 14.1. The zero-order valence-corrected chi connectivity index (χ0v) is 24.3. The fourth-order valence-electron chi connectivity index (χ4n) is 4.67. The second-order valence-electron chi connectivity index (χ2n) is 10.8. The van der Waals surface area contributed by atoms with Gasteiger partial charge in [-0.25, -0.2) is 5.43 Å². The van der Waals surface area contributed by atoms with Crippen LogP contribution in [0.15, 0.2) is 36.4 Å². The van der Waals surface area contributed by atoms with Crippen LogP contribution >= 0.6 is 0 Å². The molecule has 0 aliphatic carbocycles. The molecule has 0 spiro atoms. The number of nitrogens with one attached hydrogen (secondary N) is 3. The molecule has 1 saturated heterocycles. The first-order chi connectivity index (χ1) is 19.4. The molecule has 3 rings (SSSR count). The smallest absolute Gasteiger partial charge is 0.322 e. The number of benzene rings is 1. The van der Waals surface area contributed by atoms with E-state index in [1.54, 1.807) is 26.0 Å². The number of carbonyl (C=O) groups excluding carboxylic acids is 3. The normalized spacial score (nSPS) is 18.6. The van der Waals surface area contributed by atoms with Gasteiger partial charge in [-0.2, -0.15) is 0 Å². The Balaban J connectivity index is 1.68. The number of hydrogen-bond acceptors (Lipinski definition) is 7. The lowest BCUT2D eigenvalue weighted by Gasteiger charge is -2.34. The molecule has 5 N–H and O–H groups in total. The van der Waals surface area contributed by atoms with Crippen LogP contribution in [0.2, 0.25) is 0 Å². The second kappa shape index (κ2) is 14.2. The van der Waals surface area contributed by atoms with Gasteiger partial charge in [0.25, 0.3) is 5.91 Å². The number of rotatable bonds is 11. The molecule has 11 nitrogen and oxygen atoms in total. The maximum absolute atomic E-state index is 13.2. The van der Waals surface area contributed by atoms with Gasteiger partial charge < -0.3 is 20.8 Å². The summed E-state index contributed by atoms with van der Waals surface area (Å²) >= 11 is 0. The molecule has 1 aliphatic rings. The molecule has 5 unspecified atom stereocenters. The average molecular weight is 568 g/mol. The molecule has 1 aromatic carbocycles. The quantitative estimate of drug-likeness (QED) is 0.276. The molecule has 0 radical (unpaired) electrons. The Labute approximate surface area is 240 Å². The van der Waals surface area contributed by atoms with E-state index in [0.717, 1.165) is 28.6 Å². The van der Waals surface area contributed by atoms with Crippen molar-refractivity contribution in [3.05, 3.63) is 47.7 Å². The summed E-state index contributed by atoms with van der Waals surface area (Å²) in [5.41, 5.74) is 5.32. The van der Waals surface area contributed by atoms with Crippen LogP contribution in [-0.2, 0) is 25.6 Å². The highest BCUT2D eigenvalue weighted by Crippen LogP contribution is 2.18. The van der Waals surface area contributed by atoms with Crippen molar-refractivity contribution in [2.45, 2.75) is 78.1 Å². The summed E-state index contributed by atoms with van der Waals surface area (Å²) in [6.45, 7) is 8.90. The highest BCUT2D eigenvalue weighted by molar-refractivity contribution is 5.93. The molecule has 222 valence electrons. The largest absolute Gasteiger partial charge is 0.480 e. The third-order valence-electron chi connectivity index (χ3n) is 7.18. The molecule has 0 saturated carbocycles. The molecular weight excluding hydrogens is 526 g/mol. The van der Waals surface area contributed by atoms with E-state index in [1.165, 1.54) is 18.9 Å². The van der Waals surface area contributed by atoms with Gasteiger partial charge in [-0.1, -0.05) is 51.1 Å². The van der Waals surface area contributed by atoms with Crippen molar-refractivity contribution < 1.29 is 29.4 Å². The summed E-state index contributed by atoms with van der Waals surface area (Å²) < 4.78 is 0. The van der Waals surface area contributed by atoms with Crippen LogP contribution in [0.1, 0.15) is 58.7 Å². The number of carboxylic acids is 1. The summed E-state index contributed by atoms with van der Waals surface area (Å²) in [6.07, 6.45) is 4.06. The van der Waals surface area contributed by atoms with Crippen LogP contribution < -0.4 is 16.1 Å². The first kappa shape index (κ1) is 31.7. The molecule has 1 aliphatic heterocycles. The Morgan fingerprint density at radius 2 is 1.80 bits per heavy atom. The van der Waals surface area contributed by atoms with E-state index >= 15 is 0 Å². The number of fused-ring (bicyclic) bond motifs is 1. The number of carboxylic acid groups (broad SMARTS) is 1. The van der Waals surface area contributed by atoms with E-state index in [0.29, 0.717) is 19.4 Å². The van der Waals surface area contributed by atoms with Gasteiger partial charge in [-0.05, 0) is 56.7 Å². The number of amides is 3. The number of aromatic nitrogens is 1. The molecule has 11 heteroatoms. The molecule has 0 bridgehead atoms. The minimum atomic E-state index is -1.05. The van der Waals surface area contributed by atoms with Gasteiger partial charge in [-0.15, -0.1) is 0 Å². The lowest BCUT2D eigenvalue weighted by Crippen LogP contribution is -2.61. The highest BCUT2D eigenvalue weighted by Gasteiger charge is 2.33. The number of hydrazine groups is 1. The number of carbonyl (C=O) groups is 4. The molecule has 5 atom stereocenters. The van der Waals surface area contributed by atoms with Gasteiger partial charge >= 0.3 is 5.97 Å². The Hall–Kier alpha value is -3.83. The third-order valence-corrected chi connectivity index (χ3v) is 7.18. The maximum atomic E-state index is 13.2. The zero-order chi connectivity index (χ0) is 30.3. The topological polar surface area (TPSA) is 161 Å². The lowest BCUT2D eigenvalue weighted by molar-refractivity contribution is -0.148. The number of aliphatic carboxylic acids is 1. The van der Waals surface area contributed by atoms with Crippen molar-refractivity contribution >= 4 is 40.7 Å².